The van der Waals surface area contributed by atoms with Crippen molar-refractivity contribution in [2.24, 2.45) is 0 Å². The number of hydrogen-bond acceptors (Lipinski definition) is 4. The monoisotopic (exact) mass is 375 g/mol. The number of hydrogen-bond donors (Lipinski definition) is 2. The maximum atomic E-state index is 12.8. The zero-order chi connectivity index (χ0) is 16.7. The Morgan fingerprint density at radius 1 is 1.12 bits per heavy atom. The van der Waals surface area contributed by atoms with E-state index >= 15 is 0 Å². The smallest absolute Gasteiger partial charge is 0.251 e. The number of nitrogens with one attached hydrogen (secondary N) is 2. The minimum Gasteiger partial charge on any atom is -0.351 e. The Bertz CT molecular complexity index is 629. The van der Waals surface area contributed by atoms with Crippen LogP contribution in [-0.2, 0) is 10.0 Å². The number of rotatable bonds is 6. The van der Waals surface area contributed by atoms with Crippen LogP contribution in [-0.4, -0.2) is 51.9 Å². The summed E-state index contributed by atoms with van der Waals surface area (Å²) >= 11 is 0. The molecule has 1 heterocycles. The molecule has 1 fully saturated rings. The van der Waals surface area contributed by atoms with Gasteiger partial charge in [0.05, 0.1) is 4.90 Å². The lowest BCUT2D eigenvalue weighted by Gasteiger charge is -2.20. The fourth-order valence-electron chi connectivity index (χ4n) is 2.63. The highest BCUT2D eigenvalue weighted by Gasteiger charge is 2.25. The van der Waals surface area contributed by atoms with Crippen molar-refractivity contribution >= 4 is 28.3 Å². The molecule has 0 spiro atoms. The van der Waals surface area contributed by atoms with Crippen LogP contribution in [0.15, 0.2) is 29.2 Å². The van der Waals surface area contributed by atoms with Gasteiger partial charge in [0, 0.05) is 31.7 Å². The van der Waals surface area contributed by atoms with E-state index in [9.17, 15) is 13.2 Å². The molecule has 1 amide bonds. The van der Waals surface area contributed by atoms with Gasteiger partial charge in [-0.15, -0.1) is 12.4 Å². The number of benzene rings is 1. The summed E-state index contributed by atoms with van der Waals surface area (Å²) in [5.74, 6) is -0.256. The first-order valence-corrected chi connectivity index (χ1v) is 9.53. The van der Waals surface area contributed by atoms with Crippen molar-refractivity contribution in [2.75, 3.05) is 33.2 Å². The van der Waals surface area contributed by atoms with E-state index in [0.717, 1.165) is 25.7 Å². The molecular weight excluding hydrogens is 350 g/mol. The Kier molecular flexibility index (Phi) is 8.69. The van der Waals surface area contributed by atoms with Crippen LogP contribution in [0.3, 0.4) is 0 Å². The predicted octanol–water partition coefficient (Wildman–Crippen LogP) is 1.62. The van der Waals surface area contributed by atoms with Gasteiger partial charge in [-0.2, -0.15) is 4.31 Å². The molecule has 1 saturated heterocycles. The highest BCUT2D eigenvalue weighted by Crippen LogP contribution is 2.21. The molecule has 1 aliphatic rings. The number of likely N-dealkylation sites (N-methyl/N-ethyl adjacent to an activating group) is 1. The van der Waals surface area contributed by atoms with Crippen molar-refractivity contribution < 1.29 is 13.2 Å². The molecule has 0 bridgehead atoms. The van der Waals surface area contributed by atoms with E-state index in [1.807, 2.05) is 0 Å². The van der Waals surface area contributed by atoms with Crippen LogP contribution in [0.25, 0.3) is 0 Å². The molecule has 1 aromatic rings. The Morgan fingerprint density at radius 3 is 2.42 bits per heavy atom. The maximum absolute atomic E-state index is 12.8. The molecule has 0 saturated carbocycles. The van der Waals surface area contributed by atoms with E-state index in [1.165, 1.54) is 10.4 Å². The first kappa shape index (κ1) is 20.9. The van der Waals surface area contributed by atoms with Crippen LogP contribution in [0.2, 0.25) is 0 Å². The summed E-state index contributed by atoms with van der Waals surface area (Å²) in [4.78, 5) is 12.3. The van der Waals surface area contributed by atoms with Gasteiger partial charge in [-0.3, -0.25) is 4.79 Å². The summed E-state index contributed by atoms with van der Waals surface area (Å²) in [5.41, 5.74) is 0.372. The Balaban J connectivity index is 0.00000288. The minimum atomic E-state index is -3.53. The van der Waals surface area contributed by atoms with Crippen molar-refractivity contribution in [3.63, 3.8) is 0 Å². The average molecular weight is 376 g/mol. The minimum absolute atomic E-state index is 0. The molecule has 6 nitrogen and oxygen atoms in total. The number of halogens is 1. The summed E-state index contributed by atoms with van der Waals surface area (Å²) in [6.07, 6.45) is 3.92. The van der Waals surface area contributed by atoms with Crippen molar-refractivity contribution in [2.45, 2.75) is 30.6 Å². The van der Waals surface area contributed by atoms with E-state index in [0.29, 0.717) is 31.7 Å². The molecule has 24 heavy (non-hydrogen) atoms. The SMILES string of the molecule is CNCCNC(=O)c1cccc(S(=O)(=O)N2CCCCCC2)c1.Cl. The molecule has 0 unspecified atom stereocenters. The third-order valence-corrected chi connectivity index (χ3v) is 5.85. The summed E-state index contributed by atoms with van der Waals surface area (Å²) in [7, 11) is -1.72. The quantitative estimate of drug-likeness (QED) is 0.740. The molecule has 2 rings (SSSR count). The van der Waals surface area contributed by atoms with Gasteiger partial charge in [0.25, 0.3) is 5.91 Å². The molecule has 8 heteroatoms. The summed E-state index contributed by atoms with van der Waals surface area (Å²) in [5, 5.41) is 5.70. The fraction of sp³-hybridized carbons (Fsp3) is 0.562. The van der Waals surface area contributed by atoms with E-state index in [4.69, 9.17) is 0 Å². The molecule has 0 radical (unpaired) electrons. The molecule has 1 aliphatic heterocycles. The Hall–Kier alpha value is -1.15. The first-order chi connectivity index (χ1) is 11.1. The van der Waals surface area contributed by atoms with E-state index in [2.05, 4.69) is 10.6 Å². The molecule has 136 valence electrons. The number of amides is 1. The third kappa shape index (κ3) is 5.44. The standard InChI is InChI=1S/C16H25N3O3S.ClH/c1-17-9-10-18-16(20)14-7-6-8-15(13-14)23(21,22)19-11-4-2-3-5-12-19;/h6-8,13,17H,2-5,9-12H2,1H3,(H,18,20);1H. The summed E-state index contributed by atoms with van der Waals surface area (Å²) < 4.78 is 27.1. The Morgan fingerprint density at radius 2 is 1.79 bits per heavy atom. The fourth-order valence-corrected chi connectivity index (χ4v) is 4.20. The number of carbonyl (C=O) groups excluding carboxylic acids is 1. The zero-order valence-electron chi connectivity index (χ0n) is 14.0. The average Bonchev–Trinajstić information content (AvgIpc) is 2.85. The van der Waals surface area contributed by atoms with Crippen molar-refractivity contribution in [1.29, 1.82) is 0 Å². The van der Waals surface area contributed by atoms with Crippen molar-refractivity contribution in [3.8, 4) is 0 Å². The lowest BCUT2D eigenvalue weighted by molar-refractivity contribution is 0.0954. The Labute approximate surface area is 150 Å². The van der Waals surface area contributed by atoms with Crippen LogP contribution in [0.4, 0.5) is 0 Å². The van der Waals surface area contributed by atoms with Gasteiger partial charge < -0.3 is 10.6 Å². The van der Waals surface area contributed by atoms with Crippen LogP contribution < -0.4 is 10.6 Å². The highest BCUT2D eigenvalue weighted by atomic mass is 35.5. The zero-order valence-corrected chi connectivity index (χ0v) is 15.6. The van der Waals surface area contributed by atoms with Crippen LogP contribution in [0.1, 0.15) is 36.0 Å². The van der Waals surface area contributed by atoms with Gasteiger partial charge in [0.15, 0.2) is 0 Å². The predicted molar refractivity (Wildman–Crippen MR) is 97.2 cm³/mol. The van der Waals surface area contributed by atoms with Crippen molar-refractivity contribution in [3.05, 3.63) is 29.8 Å². The van der Waals surface area contributed by atoms with Crippen molar-refractivity contribution in [1.82, 2.24) is 14.9 Å². The van der Waals surface area contributed by atoms with Gasteiger partial charge in [-0.25, -0.2) is 8.42 Å². The van der Waals surface area contributed by atoms with Gasteiger partial charge in [-0.05, 0) is 38.1 Å². The molecule has 0 aromatic heterocycles. The second-order valence-electron chi connectivity index (χ2n) is 5.71. The molecule has 1 aromatic carbocycles. The normalized spacial score (nSPS) is 16.0. The van der Waals surface area contributed by atoms with E-state index in [1.54, 1.807) is 25.2 Å². The summed E-state index contributed by atoms with van der Waals surface area (Å²) in [6.45, 7) is 2.28. The lowest BCUT2D eigenvalue weighted by atomic mass is 10.2. The van der Waals surface area contributed by atoms with Gasteiger partial charge in [-0.1, -0.05) is 18.9 Å². The number of carbonyl (C=O) groups is 1. The summed E-state index contributed by atoms with van der Waals surface area (Å²) in [6, 6.07) is 6.29. The van der Waals surface area contributed by atoms with Gasteiger partial charge in [0.1, 0.15) is 0 Å². The van der Waals surface area contributed by atoms with Crippen LogP contribution >= 0.6 is 12.4 Å². The lowest BCUT2D eigenvalue weighted by Crippen LogP contribution is -2.33. The molecule has 0 atom stereocenters. The number of sulfonamides is 1. The highest BCUT2D eigenvalue weighted by molar-refractivity contribution is 7.89. The molecular formula is C16H26ClN3O3S. The molecule has 2 N–H and O–H groups in total. The topological polar surface area (TPSA) is 78.5 Å². The largest absolute Gasteiger partial charge is 0.351 e. The maximum Gasteiger partial charge on any atom is 0.251 e. The van der Waals surface area contributed by atoms with E-state index in [-0.39, 0.29) is 23.2 Å². The number of nitrogens with zero attached hydrogens (tertiary/aromatic N) is 1. The molecule has 0 aliphatic carbocycles. The second-order valence-corrected chi connectivity index (χ2v) is 7.64. The third-order valence-electron chi connectivity index (χ3n) is 3.96. The van der Waals surface area contributed by atoms with Crippen LogP contribution in [0.5, 0.6) is 0 Å². The van der Waals surface area contributed by atoms with Crippen LogP contribution in [0, 0.1) is 0 Å². The first-order valence-electron chi connectivity index (χ1n) is 8.09. The second kappa shape index (κ2) is 9.98. The van der Waals surface area contributed by atoms with Gasteiger partial charge in [0.2, 0.25) is 10.0 Å². The van der Waals surface area contributed by atoms with Gasteiger partial charge >= 0.3 is 0 Å². The van der Waals surface area contributed by atoms with E-state index < -0.39 is 10.0 Å².